The first-order valence-corrected chi connectivity index (χ1v) is 7.50. The van der Waals surface area contributed by atoms with Gasteiger partial charge in [0.2, 0.25) is 0 Å². The number of benzene rings is 2. The van der Waals surface area contributed by atoms with E-state index < -0.39 is 17.5 Å². The summed E-state index contributed by atoms with van der Waals surface area (Å²) in [6.07, 6.45) is 0. The molecule has 2 aromatic carbocycles. The van der Waals surface area contributed by atoms with Gasteiger partial charge in [-0.2, -0.15) is 0 Å². The van der Waals surface area contributed by atoms with E-state index in [1.54, 1.807) is 0 Å². The van der Waals surface area contributed by atoms with Crippen LogP contribution >= 0.6 is 0 Å². The molecule has 122 valence electrons. The number of anilines is 2. The van der Waals surface area contributed by atoms with Gasteiger partial charge in [0, 0.05) is 49.7 Å². The number of hydrogen-bond acceptors (Lipinski definition) is 3. The van der Waals surface area contributed by atoms with Gasteiger partial charge >= 0.3 is 0 Å². The summed E-state index contributed by atoms with van der Waals surface area (Å²) in [5, 5.41) is 0. The van der Waals surface area contributed by atoms with Gasteiger partial charge in [-0.1, -0.05) is 6.07 Å². The molecule has 0 bridgehead atoms. The summed E-state index contributed by atoms with van der Waals surface area (Å²) in [4.78, 5) is 4.25. The van der Waals surface area contributed by atoms with Crippen LogP contribution < -0.4 is 10.6 Å². The Morgan fingerprint density at radius 3 is 2.13 bits per heavy atom. The van der Waals surface area contributed by atoms with Gasteiger partial charge in [-0.15, -0.1) is 0 Å². The molecular weight excluding hydrogens is 303 g/mol. The number of nitrogen functional groups attached to an aromatic ring is 1. The zero-order valence-corrected chi connectivity index (χ0v) is 12.6. The van der Waals surface area contributed by atoms with Crippen molar-refractivity contribution >= 4 is 11.4 Å². The predicted octanol–water partition coefficient (Wildman–Crippen LogP) is 3.01. The number of halogens is 3. The largest absolute Gasteiger partial charge is 0.399 e. The van der Waals surface area contributed by atoms with E-state index in [9.17, 15) is 13.2 Å². The van der Waals surface area contributed by atoms with Gasteiger partial charge in [-0.3, -0.25) is 4.90 Å². The third-order valence-electron chi connectivity index (χ3n) is 4.14. The minimum absolute atomic E-state index is 0.185. The summed E-state index contributed by atoms with van der Waals surface area (Å²) >= 11 is 0. The molecule has 0 aromatic heterocycles. The molecule has 3 nitrogen and oxygen atoms in total. The maximum absolute atomic E-state index is 13.7. The van der Waals surface area contributed by atoms with Crippen molar-refractivity contribution in [1.29, 1.82) is 0 Å². The average molecular weight is 321 g/mol. The molecule has 0 atom stereocenters. The predicted molar refractivity (Wildman–Crippen MR) is 84.7 cm³/mol. The Bertz CT molecular complexity index is 680. The van der Waals surface area contributed by atoms with Gasteiger partial charge < -0.3 is 10.6 Å². The summed E-state index contributed by atoms with van der Waals surface area (Å²) in [6.45, 7) is 3.30. The van der Waals surface area contributed by atoms with E-state index in [0.717, 1.165) is 43.6 Å². The lowest BCUT2D eigenvalue weighted by molar-refractivity contribution is 0.245. The van der Waals surface area contributed by atoms with Crippen molar-refractivity contribution in [3.8, 4) is 0 Å². The number of piperazine rings is 1. The number of hydrogen-bond donors (Lipinski definition) is 1. The van der Waals surface area contributed by atoms with Crippen molar-refractivity contribution in [3.63, 3.8) is 0 Å². The highest BCUT2D eigenvalue weighted by molar-refractivity contribution is 5.53. The molecular formula is C17H18F3N3. The molecule has 2 aromatic rings. The van der Waals surface area contributed by atoms with Crippen LogP contribution in [-0.2, 0) is 6.54 Å². The standard InChI is InChI=1S/C17H18F3N3/c18-15-6-1-12(16(19)17(15)20)11-22-7-9-23(10-8-22)14-4-2-13(21)3-5-14/h1-6H,7-11,21H2. The number of nitrogens with zero attached hydrogens (tertiary/aromatic N) is 2. The van der Waals surface area contributed by atoms with Crippen LogP contribution in [0.3, 0.4) is 0 Å². The van der Waals surface area contributed by atoms with Crippen LogP contribution in [-0.4, -0.2) is 31.1 Å². The summed E-state index contributed by atoms with van der Waals surface area (Å²) < 4.78 is 40.0. The smallest absolute Gasteiger partial charge is 0.194 e. The van der Waals surface area contributed by atoms with Crippen LogP contribution in [0.25, 0.3) is 0 Å². The summed E-state index contributed by atoms with van der Waals surface area (Å²) in [5.41, 5.74) is 7.69. The second-order valence-electron chi connectivity index (χ2n) is 5.69. The maximum Gasteiger partial charge on any atom is 0.194 e. The van der Waals surface area contributed by atoms with E-state index in [1.165, 1.54) is 6.07 Å². The van der Waals surface area contributed by atoms with E-state index in [2.05, 4.69) is 4.90 Å². The first-order chi connectivity index (χ1) is 11.0. The minimum atomic E-state index is -1.40. The quantitative estimate of drug-likeness (QED) is 0.697. The van der Waals surface area contributed by atoms with E-state index in [0.29, 0.717) is 0 Å². The molecule has 1 fully saturated rings. The zero-order valence-electron chi connectivity index (χ0n) is 12.6. The fourth-order valence-electron chi connectivity index (χ4n) is 2.78. The summed E-state index contributed by atoms with van der Waals surface area (Å²) in [7, 11) is 0. The Morgan fingerprint density at radius 1 is 0.826 bits per heavy atom. The monoisotopic (exact) mass is 321 g/mol. The van der Waals surface area contributed by atoms with E-state index in [4.69, 9.17) is 5.73 Å². The third kappa shape index (κ3) is 3.42. The van der Waals surface area contributed by atoms with Gasteiger partial charge in [-0.05, 0) is 30.3 Å². The highest BCUT2D eigenvalue weighted by atomic mass is 19.2. The Labute approximate surface area is 133 Å². The van der Waals surface area contributed by atoms with Crippen LogP contribution in [0.2, 0.25) is 0 Å². The highest BCUT2D eigenvalue weighted by Gasteiger charge is 2.20. The van der Waals surface area contributed by atoms with Gasteiger partial charge in [0.1, 0.15) is 0 Å². The van der Waals surface area contributed by atoms with Crippen molar-refractivity contribution in [2.45, 2.75) is 6.54 Å². The molecule has 23 heavy (non-hydrogen) atoms. The Morgan fingerprint density at radius 2 is 1.48 bits per heavy atom. The van der Waals surface area contributed by atoms with Crippen molar-refractivity contribution in [2.75, 3.05) is 36.8 Å². The first kappa shape index (κ1) is 15.7. The second-order valence-corrected chi connectivity index (χ2v) is 5.69. The normalized spacial score (nSPS) is 15.9. The van der Waals surface area contributed by atoms with Crippen molar-refractivity contribution in [1.82, 2.24) is 4.90 Å². The second kappa shape index (κ2) is 6.50. The third-order valence-corrected chi connectivity index (χ3v) is 4.14. The summed E-state index contributed by atoms with van der Waals surface area (Å²) in [5.74, 6) is -3.65. The lowest BCUT2D eigenvalue weighted by Gasteiger charge is -2.36. The van der Waals surface area contributed by atoms with E-state index in [1.807, 2.05) is 29.2 Å². The Balaban J connectivity index is 1.61. The molecule has 1 aliphatic heterocycles. The number of nitrogens with two attached hydrogens (primary N) is 1. The number of rotatable bonds is 3. The van der Waals surface area contributed by atoms with Crippen LogP contribution in [0.15, 0.2) is 36.4 Å². The van der Waals surface area contributed by atoms with Crippen LogP contribution in [0.1, 0.15) is 5.56 Å². The molecule has 0 saturated carbocycles. The molecule has 1 aliphatic rings. The first-order valence-electron chi connectivity index (χ1n) is 7.50. The lowest BCUT2D eigenvalue weighted by Crippen LogP contribution is -2.46. The Hall–Kier alpha value is -2.21. The fourth-order valence-corrected chi connectivity index (χ4v) is 2.78. The molecule has 0 amide bonds. The van der Waals surface area contributed by atoms with Crippen molar-refractivity contribution in [3.05, 3.63) is 59.4 Å². The average Bonchev–Trinajstić information content (AvgIpc) is 2.57. The van der Waals surface area contributed by atoms with Crippen LogP contribution in [0.5, 0.6) is 0 Å². The lowest BCUT2D eigenvalue weighted by atomic mass is 10.1. The fraction of sp³-hybridized carbons (Fsp3) is 0.294. The van der Waals surface area contributed by atoms with Crippen molar-refractivity contribution in [2.24, 2.45) is 0 Å². The zero-order chi connectivity index (χ0) is 16.4. The van der Waals surface area contributed by atoms with Gasteiger partial charge in [0.15, 0.2) is 17.5 Å². The molecule has 0 spiro atoms. The van der Waals surface area contributed by atoms with Gasteiger partial charge in [0.25, 0.3) is 0 Å². The maximum atomic E-state index is 13.7. The molecule has 0 radical (unpaired) electrons. The highest BCUT2D eigenvalue weighted by Crippen LogP contribution is 2.20. The molecule has 2 N–H and O–H groups in total. The molecule has 1 heterocycles. The SMILES string of the molecule is Nc1ccc(N2CCN(Cc3ccc(F)c(F)c3F)CC2)cc1. The van der Waals surface area contributed by atoms with E-state index in [-0.39, 0.29) is 12.1 Å². The topological polar surface area (TPSA) is 32.5 Å². The molecule has 3 rings (SSSR count). The summed E-state index contributed by atoms with van der Waals surface area (Å²) in [6, 6.07) is 9.94. The van der Waals surface area contributed by atoms with Crippen LogP contribution in [0.4, 0.5) is 24.5 Å². The molecule has 0 unspecified atom stereocenters. The molecule has 0 aliphatic carbocycles. The molecule has 1 saturated heterocycles. The Kier molecular flexibility index (Phi) is 4.43. The minimum Gasteiger partial charge on any atom is -0.399 e. The van der Waals surface area contributed by atoms with Gasteiger partial charge in [-0.25, -0.2) is 13.2 Å². The van der Waals surface area contributed by atoms with Crippen molar-refractivity contribution < 1.29 is 13.2 Å². The van der Waals surface area contributed by atoms with E-state index >= 15 is 0 Å². The molecule has 6 heteroatoms. The van der Waals surface area contributed by atoms with Crippen LogP contribution in [0, 0.1) is 17.5 Å². The van der Waals surface area contributed by atoms with Gasteiger partial charge in [0.05, 0.1) is 0 Å².